The number of hydrogen-bond acceptors (Lipinski definition) is 24. The van der Waals surface area contributed by atoms with Gasteiger partial charge in [0.2, 0.25) is 0 Å². The number of rotatable bonds is 32. The van der Waals surface area contributed by atoms with Gasteiger partial charge < -0.3 is 120 Å². The lowest BCUT2D eigenvalue weighted by Gasteiger charge is -2.40. The summed E-state index contributed by atoms with van der Waals surface area (Å²) >= 11 is 0. The lowest BCUT2D eigenvalue weighted by molar-refractivity contribution is -0.301. The van der Waals surface area contributed by atoms with E-state index in [4.69, 9.17) is 37.9 Å². The van der Waals surface area contributed by atoms with Crippen molar-refractivity contribution in [1.29, 1.82) is 0 Å². The van der Waals surface area contributed by atoms with Crippen molar-refractivity contribution in [2.75, 3.05) is 52.9 Å². The van der Waals surface area contributed by atoms with Gasteiger partial charge in [-0.3, -0.25) is 0 Å². The Bertz CT molecular complexity index is 1330. The maximum absolute atomic E-state index is 10.5. The molecule has 0 spiro atoms. The molecule has 24 nitrogen and oxygen atoms in total. The van der Waals surface area contributed by atoms with Crippen LogP contribution in [0.15, 0.2) is 0 Å². The van der Waals surface area contributed by atoms with E-state index in [9.17, 15) is 81.7 Å². The number of hydrogen-bond donors (Lipinski definition) is 16. The van der Waals surface area contributed by atoms with Gasteiger partial charge in [0.25, 0.3) is 0 Å². The molecular formula is C46H92O24Si3. The van der Waals surface area contributed by atoms with E-state index in [2.05, 4.69) is 26.2 Å². The van der Waals surface area contributed by atoms with E-state index in [-0.39, 0.29) is 26.4 Å². The van der Waals surface area contributed by atoms with E-state index in [0.717, 1.165) is 61.2 Å². The molecule has 4 heterocycles. The highest BCUT2D eigenvalue weighted by molar-refractivity contribution is 6.80. The van der Waals surface area contributed by atoms with E-state index >= 15 is 0 Å². The molecule has 0 aromatic carbocycles. The minimum Gasteiger partial charge on any atom is -0.394 e. The first-order valence-electron chi connectivity index (χ1n) is 26.1. The Morgan fingerprint density at radius 2 is 0.493 bits per heavy atom. The van der Waals surface area contributed by atoms with Gasteiger partial charge in [-0.15, -0.1) is 0 Å². The van der Waals surface area contributed by atoms with Gasteiger partial charge in [-0.25, -0.2) is 0 Å². The second-order valence-corrected chi connectivity index (χ2v) is 37.8. The molecule has 4 fully saturated rings. The van der Waals surface area contributed by atoms with Crippen LogP contribution in [0.5, 0.6) is 0 Å². The molecule has 4 aliphatic heterocycles. The van der Waals surface area contributed by atoms with Crippen molar-refractivity contribution in [3.05, 3.63) is 0 Å². The first-order valence-corrected chi connectivity index (χ1v) is 35.8. The molecule has 20 atom stereocenters. The van der Waals surface area contributed by atoms with Gasteiger partial charge >= 0.3 is 0 Å². The third kappa shape index (κ3) is 18.9. The summed E-state index contributed by atoms with van der Waals surface area (Å²) in [5.41, 5.74) is 0. The zero-order valence-electron chi connectivity index (χ0n) is 43.0. The highest BCUT2D eigenvalue weighted by atomic mass is 28.3. The lowest BCUT2D eigenvalue weighted by Crippen LogP contribution is -2.59. The normalized spacial score (nSPS) is 38.0. The predicted octanol–water partition coefficient (Wildman–Crippen LogP) is -3.54. The Morgan fingerprint density at radius 1 is 0.288 bits per heavy atom. The van der Waals surface area contributed by atoms with Gasteiger partial charge in [-0.2, -0.15) is 0 Å². The van der Waals surface area contributed by atoms with E-state index in [0.29, 0.717) is 25.7 Å². The molecule has 0 amide bonds. The summed E-state index contributed by atoms with van der Waals surface area (Å²) in [6.45, 7) is 7.87. The van der Waals surface area contributed by atoms with Crippen LogP contribution in [0.1, 0.15) is 38.5 Å². The number of ether oxygens (including phenoxy) is 8. The van der Waals surface area contributed by atoms with Gasteiger partial charge in [-0.1, -0.05) is 87.4 Å². The van der Waals surface area contributed by atoms with Gasteiger partial charge in [0.05, 0.1) is 42.6 Å². The number of aliphatic hydroxyl groups excluding tert-OH is 16. The average molecular weight is 1110 g/mol. The summed E-state index contributed by atoms with van der Waals surface area (Å²) < 4.78 is 45.4. The van der Waals surface area contributed by atoms with Crippen LogP contribution < -0.4 is 0 Å². The fourth-order valence-electron chi connectivity index (χ4n) is 10.5. The second-order valence-electron chi connectivity index (χ2n) is 22.2. The van der Waals surface area contributed by atoms with Crippen molar-refractivity contribution in [2.24, 2.45) is 0 Å². The molecular weight excluding hydrogens is 1020 g/mol. The quantitative estimate of drug-likeness (QED) is 0.0229. The third-order valence-corrected chi connectivity index (χ3v) is 28.3. The molecule has 0 saturated carbocycles. The smallest absolute Gasteiger partial charge is 0.186 e. The second kappa shape index (κ2) is 30.9. The Hall–Kier alpha value is -0.309. The van der Waals surface area contributed by atoms with Crippen LogP contribution in [0.2, 0.25) is 74.5 Å². The van der Waals surface area contributed by atoms with Gasteiger partial charge in [0, 0.05) is 34.5 Å². The summed E-state index contributed by atoms with van der Waals surface area (Å²) in [6, 6.07) is 7.42. The van der Waals surface area contributed by atoms with Crippen LogP contribution in [0, 0.1) is 0 Å². The molecule has 16 N–H and O–H groups in total. The minimum absolute atomic E-state index is 0.190. The summed E-state index contributed by atoms with van der Waals surface area (Å²) in [4.78, 5) is 0. The highest BCUT2D eigenvalue weighted by Crippen LogP contribution is 2.35. The van der Waals surface area contributed by atoms with Gasteiger partial charge in [0.15, 0.2) is 25.2 Å². The SMILES string of the molecule is C[Si](C)(CCC[Si](C)(CCCO[C@H]1O[C@H](CO)[C@@H](O)[C@H](O)[C@@H]1O)CCCO[C@H]1O[C@H](CO)[C@@H](O)[C@H](O)[C@@H]1O)CCC[Si](C)(CCCO[C@H]1O[C@H](CO)[C@@H](O)[C@H](O)[C@@H]1O)CCCO[C@H]1O[C@H](CO)[C@@H](O)[C@H](O)[C@@H]1O. The fourth-order valence-corrected chi connectivity index (χ4v) is 21.3. The molecule has 4 aliphatic rings. The number of aliphatic hydroxyl groups is 16. The van der Waals surface area contributed by atoms with Crippen LogP contribution in [0.3, 0.4) is 0 Å². The van der Waals surface area contributed by atoms with Crippen LogP contribution in [-0.2, 0) is 37.9 Å². The molecule has 4 rings (SSSR count). The predicted molar refractivity (Wildman–Crippen MR) is 266 cm³/mol. The molecule has 27 heteroatoms. The third-order valence-electron chi connectivity index (χ3n) is 15.5. The minimum atomic E-state index is -2.05. The topological polar surface area (TPSA) is 398 Å². The van der Waals surface area contributed by atoms with Crippen molar-refractivity contribution < 1.29 is 120 Å². The van der Waals surface area contributed by atoms with Gasteiger partial charge in [0.1, 0.15) is 97.7 Å². The van der Waals surface area contributed by atoms with Crippen molar-refractivity contribution in [1.82, 2.24) is 0 Å². The van der Waals surface area contributed by atoms with Gasteiger partial charge in [-0.05, 0) is 25.7 Å². The molecule has 0 bridgehead atoms. The summed E-state index contributed by atoms with van der Waals surface area (Å²) in [6.07, 6.45) is -23.1. The fraction of sp³-hybridized carbons (Fsp3) is 1.00. The molecule has 4 saturated heterocycles. The van der Waals surface area contributed by atoms with Crippen molar-refractivity contribution in [3.8, 4) is 0 Å². The maximum atomic E-state index is 10.5. The largest absolute Gasteiger partial charge is 0.394 e. The Balaban J connectivity index is 1.34. The molecule has 0 aromatic heterocycles. The Labute approximate surface area is 431 Å². The van der Waals surface area contributed by atoms with Crippen molar-refractivity contribution >= 4 is 24.2 Å². The van der Waals surface area contributed by atoms with E-state index < -0.39 is 173 Å². The zero-order chi connectivity index (χ0) is 54.3. The first kappa shape index (κ1) is 65.2. The summed E-state index contributed by atoms with van der Waals surface area (Å²) in [7, 11) is -5.86. The summed E-state index contributed by atoms with van der Waals surface area (Å²) in [5, 5.41) is 162. The summed E-state index contributed by atoms with van der Waals surface area (Å²) in [5.74, 6) is 0. The zero-order valence-corrected chi connectivity index (χ0v) is 46.0. The maximum Gasteiger partial charge on any atom is 0.186 e. The molecule has 0 aromatic rings. The average Bonchev–Trinajstić information content (AvgIpc) is 3.36. The Kier molecular flexibility index (Phi) is 27.6. The van der Waals surface area contributed by atoms with Crippen molar-refractivity contribution in [3.63, 3.8) is 0 Å². The Morgan fingerprint density at radius 3 is 0.699 bits per heavy atom. The van der Waals surface area contributed by atoms with Crippen molar-refractivity contribution in [2.45, 2.75) is 236 Å². The monoisotopic (exact) mass is 1110 g/mol. The van der Waals surface area contributed by atoms with E-state index in [1.54, 1.807) is 0 Å². The molecule has 432 valence electrons. The molecule has 73 heavy (non-hydrogen) atoms. The van der Waals surface area contributed by atoms with E-state index in [1.165, 1.54) is 0 Å². The van der Waals surface area contributed by atoms with Crippen LogP contribution in [0.25, 0.3) is 0 Å². The molecule has 0 unspecified atom stereocenters. The first-order chi connectivity index (χ1) is 34.5. The van der Waals surface area contributed by atoms with Crippen LogP contribution in [0.4, 0.5) is 0 Å². The van der Waals surface area contributed by atoms with E-state index in [1.807, 2.05) is 0 Å². The molecule has 0 aliphatic carbocycles. The van der Waals surface area contributed by atoms with Crippen LogP contribution >= 0.6 is 0 Å². The van der Waals surface area contributed by atoms with Crippen LogP contribution in [-0.4, -0.2) is 282 Å². The molecule has 0 radical (unpaired) electrons. The highest BCUT2D eigenvalue weighted by Gasteiger charge is 2.47. The standard InChI is InChI=1S/C46H92O24Si3/c1-71(2,15-9-21-72(3,17-5-11-63-43-39(59)35(55)31(51)27(23-47)67-43)18-6-12-64-44-40(60)36(56)32(52)28(24-48)68-44)16-10-22-73(4,19-7-13-65-45-41(61)37(57)33(53)29(25-49)69-45)20-8-14-66-46-42(62)38(58)34(54)30(26-50)70-46/h27-62H,5-26H2,1-4H3/t27-,28-,29-,30-,31-,32-,33-,34-,35+,36+,37+,38+,39+,40+,41+,42+,43+,44+,45+,46+/m1/s1. The lowest BCUT2D eigenvalue weighted by atomic mass is 9.99.